The molecule has 0 saturated carbocycles. The molecule has 78 valence electrons. The van der Waals surface area contributed by atoms with Gasteiger partial charge in [0.1, 0.15) is 0 Å². The van der Waals surface area contributed by atoms with Gasteiger partial charge in [-0.3, -0.25) is 4.79 Å². The van der Waals surface area contributed by atoms with E-state index < -0.39 is 0 Å². The Hall–Kier alpha value is -1.16. The van der Waals surface area contributed by atoms with Crippen molar-refractivity contribution in [1.82, 2.24) is 9.55 Å². The molecule has 0 unspecified atom stereocenters. The van der Waals surface area contributed by atoms with Crippen LogP contribution in [0.4, 0.5) is 0 Å². The molecule has 0 amide bonds. The molecular weight excluding hydrogens is 256 g/mol. The molecule has 0 aliphatic rings. The third-order valence-electron chi connectivity index (χ3n) is 2.41. The number of benzene rings is 1. The lowest BCUT2D eigenvalue weighted by Crippen LogP contribution is -1.99. The van der Waals surface area contributed by atoms with Crippen molar-refractivity contribution >= 4 is 32.7 Å². The van der Waals surface area contributed by atoms with Crippen molar-refractivity contribution in [3.63, 3.8) is 0 Å². The van der Waals surface area contributed by atoms with Gasteiger partial charge in [-0.2, -0.15) is 0 Å². The highest BCUT2D eigenvalue weighted by Crippen LogP contribution is 2.15. The van der Waals surface area contributed by atoms with Gasteiger partial charge in [-0.15, -0.1) is 0 Å². The van der Waals surface area contributed by atoms with Gasteiger partial charge < -0.3 is 4.57 Å². The standard InChI is InChI=1S/C11H11BrN2O/c1-2-14-7-13-9-5-8(11(15)6-12)3-4-10(9)14/h3-5,7H,2,6H2,1H3. The second-order valence-electron chi connectivity index (χ2n) is 3.29. The molecule has 2 aromatic rings. The number of aromatic nitrogens is 2. The van der Waals surface area contributed by atoms with Crippen molar-refractivity contribution < 1.29 is 4.79 Å². The first-order valence-electron chi connectivity index (χ1n) is 4.80. The summed E-state index contributed by atoms with van der Waals surface area (Å²) in [6.07, 6.45) is 1.80. The number of carbonyl (C=O) groups excluding carboxylic acids is 1. The topological polar surface area (TPSA) is 34.9 Å². The van der Waals surface area contributed by atoms with Crippen LogP contribution in [0.5, 0.6) is 0 Å². The molecular formula is C11H11BrN2O. The molecule has 0 N–H and O–H groups in total. The molecule has 0 atom stereocenters. The predicted molar refractivity (Wildman–Crippen MR) is 63.5 cm³/mol. The van der Waals surface area contributed by atoms with Gasteiger partial charge in [0.25, 0.3) is 0 Å². The lowest BCUT2D eigenvalue weighted by Gasteiger charge is -2.00. The smallest absolute Gasteiger partial charge is 0.173 e. The van der Waals surface area contributed by atoms with Crippen LogP contribution in [0.2, 0.25) is 0 Å². The Bertz CT molecular complexity index is 504. The lowest BCUT2D eigenvalue weighted by molar-refractivity contribution is 0.102. The Morgan fingerprint density at radius 2 is 2.33 bits per heavy atom. The fourth-order valence-corrected chi connectivity index (χ4v) is 1.89. The molecule has 0 spiro atoms. The number of aryl methyl sites for hydroxylation is 1. The molecule has 0 radical (unpaired) electrons. The summed E-state index contributed by atoms with van der Waals surface area (Å²) in [5, 5.41) is 0.354. The summed E-state index contributed by atoms with van der Waals surface area (Å²) in [6, 6.07) is 5.63. The van der Waals surface area contributed by atoms with Crippen molar-refractivity contribution in [2.24, 2.45) is 0 Å². The van der Waals surface area contributed by atoms with E-state index in [0.29, 0.717) is 10.9 Å². The van der Waals surface area contributed by atoms with Gasteiger partial charge in [0.05, 0.1) is 22.7 Å². The molecule has 15 heavy (non-hydrogen) atoms. The van der Waals surface area contributed by atoms with Crippen LogP contribution in [0.25, 0.3) is 11.0 Å². The maximum atomic E-state index is 11.5. The summed E-state index contributed by atoms with van der Waals surface area (Å²) in [4.78, 5) is 15.7. The zero-order valence-corrected chi connectivity index (χ0v) is 9.99. The van der Waals surface area contributed by atoms with Gasteiger partial charge in [0.15, 0.2) is 5.78 Å². The quantitative estimate of drug-likeness (QED) is 0.633. The predicted octanol–water partition coefficient (Wildman–Crippen LogP) is 2.63. The zero-order chi connectivity index (χ0) is 10.8. The van der Waals surface area contributed by atoms with E-state index in [1.165, 1.54) is 0 Å². The normalized spacial score (nSPS) is 10.8. The van der Waals surface area contributed by atoms with Crippen LogP contribution in [-0.4, -0.2) is 20.7 Å². The number of ketones is 1. The minimum Gasteiger partial charge on any atom is -0.331 e. The maximum absolute atomic E-state index is 11.5. The number of carbonyl (C=O) groups is 1. The molecule has 1 heterocycles. The molecule has 4 heteroatoms. The second-order valence-corrected chi connectivity index (χ2v) is 3.85. The van der Waals surface area contributed by atoms with Crippen LogP contribution in [0.15, 0.2) is 24.5 Å². The van der Waals surface area contributed by atoms with E-state index in [0.717, 1.165) is 17.6 Å². The van der Waals surface area contributed by atoms with Crippen molar-refractivity contribution in [1.29, 1.82) is 0 Å². The summed E-state index contributed by atoms with van der Waals surface area (Å²) >= 11 is 3.16. The van der Waals surface area contributed by atoms with E-state index in [2.05, 4.69) is 32.4 Å². The highest BCUT2D eigenvalue weighted by Gasteiger charge is 2.07. The van der Waals surface area contributed by atoms with Crippen LogP contribution in [-0.2, 0) is 6.54 Å². The highest BCUT2D eigenvalue weighted by molar-refractivity contribution is 9.09. The average molecular weight is 267 g/mol. The Labute approximate surface area is 96.2 Å². The fourth-order valence-electron chi connectivity index (χ4n) is 1.57. The van der Waals surface area contributed by atoms with Crippen LogP contribution in [0, 0.1) is 0 Å². The number of halogens is 1. The summed E-state index contributed by atoms with van der Waals surface area (Å²) < 4.78 is 2.05. The van der Waals surface area contributed by atoms with Crippen LogP contribution in [0.3, 0.4) is 0 Å². The Balaban J connectivity index is 2.53. The van der Waals surface area contributed by atoms with Crippen LogP contribution >= 0.6 is 15.9 Å². The second kappa shape index (κ2) is 4.14. The molecule has 1 aromatic carbocycles. The van der Waals surface area contributed by atoms with Crippen molar-refractivity contribution in [2.75, 3.05) is 5.33 Å². The van der Waals surface area contributed by atoms with Gasteiger partial charge >= 0.3 is 0 Å². The maximum Gasteiger partial charge on any atom is 0.173 e. The number of imidazole rings is 1. The lowest BCUT2D eigenvalue weighted by atomic mass is 10.1. The van der Waals surface area contributed by atoms with E-state index >= 15 is 0 Å². The van der Waals surface area contributed by atoms with E-state index in [-0.39, 0.29) is 5.78 Å². The number of fused-ring (bicyclic) bond motifs is 1. The third kappa shape index (κ3) is 1.81. The molecule has 3 nitrogen and oxygen atoms in total. The molecule has 1 aromatic heterocycles. The third-order valence-corrected chi connectivity index (χ3v) is 2.91. The molecule has 0 saturated heterocycles. The van der Waals surface area contributed by atoms with Gasteiger partial charge in [-0.05, 0) is 25.1 Å². The first kappa shape index (κ1) is 10.4. The molecule has 0 bridgehead atoms. The molecule has 0 aliphatic carbocycles. The van der Waals surface area contributed by atoms with Gasteiger partial charge in [-0.25, -0.2) is 4.98 Å². The van der Waals surface area contributed by atoms with E-state index in [1.54, 1.807) is 6.33 Å². The number of hydrogen-bond acceptors (Lipinski definition) is 2. The van der Waals surface area contributed by atoms with Crippen LogP contribution in [0.1, 0.15) is 17.3 Å². The molecule has 2 rings (SSSR count). The van der Waals surface area contributed by atoms with E-state index in [9.17, 15) is 4.79 Å². The first-order chi connectivity index (χ1) is 7.26. The van der Waals surface area contributed by atoms with E-state index in [1.807, 2.05) is 18.2 Å². The van der Waals surface area contributed by atoms with Crippen molar-refractivity contribution in [3.05, 3.63) is 30.1 Å². The number of nitrogens with zero attached hydrogens (tertiary/aromatic N) is 2. The minimum atomic E-state index is 0.0861. The Morgan fingerprint density at radius 1 is 1.53 bits per heavy atom. The highest BCUT2D eigenvalue weighted by atomic mass is 79.9. The largest absolute Gasteiger partial charge is 0.331 e. The summed E-state index contributed by atoms with van der Waals surface area (Å²) in [5.41, 5.74) is 2.66. The summed E-state index contributed by atoms with van der Waals surface area (Å²) in [5.74, 6) is 0.0861. The number of rotatable bonds is 3. The first-order valence-corrected chi connectivity index (χ1v) is 5.92. The monoisotopic (exact) mass is 266 g/mol. The van der Waals surface area contributed by atoms with Crippen molar-refractivity contribution in [3.8, 4) is 0 Å². The van der Waals surface area contributed by atoms with E-state index in [4.69, 9.17) is 0 Å². The Kier molecular flexibility index (Phi) is 2.86. The van der Waals surface area contributed by atoms with Gasteiger partial charge in [0, 0.05) is 12.1 Å². The SMILES string of the molecule is CCn1cnc2cc(C(=O)CBr)ccc21. The van der Waals surface area contributed by atoms with Gasteiger partial charge in [-0.1, -0.05) is 15.9 Å². The van der Waals surface area contributed by atoms with Crippen molar-refractivity contribution in [2.45, 2.75) is 13.5 Å². The molecule has 0 fully saturated rings. The average Bonchev–Trinajstić information content (AvgIpc) is 2.69. The van der Waals surface area contributed by atoms with Crippen LogP contribution < -0.4 is 0 Å². The minimum absolute atomic E-state index is 0.0861. The Morgan fingerprint density at radius 3 is 3.00 bits per heavy atom. The number of Topliss-reactive ketones (excluding diaryl/α,β-unsaturated/α-hetero) is 1. The summed E-state index contributed by atoms with van der Waals surface area (Å²) in [7, 11) is 0. The van der Waals surface area contributed by atoms with Gasteiger partial charge in [0.2, 0.25) is 0 Å². The fraction of sp³-hybridized carbons (Fsp3) is 0.273. The number of alkyl halides is 1. The zero-order valence-electron chi connectivity index (χ0n) is 8.40. The molecule has 0 aliphatic heterocycles. The summed E-state index contributed by atoms with van der Waals surface area (Å²) in [6.45, 7) is 2.96. The number of hydrogen-bond donors (Lipinski definition) is 0.